The summed E-state index contributed by atoms with van der Waals surface area (Å²) in [5.74, 6) is 0.0739. The molecular weight excluding hydrogens is 314 g/mol. The molecule has 0 aliphatic heterocycles. The summed E-state index contributed by atoms with van der Waals surface area (Å²) in [6.07, 6.45) is 0. The summed E-state index contributed by atoms with van der Waals surface area (Å²) in [6, 6.07) is 14.3. The summed E-state index contributed by atoms with van der Waals surface area (Å²) in [7, 11) is 2.05. The van der Waals surface area contributed by atoms with Gasteiger partial charge in [-0.2, -0.15) is 0 Å². The van der Waals surface area contributed by atoms with E-state index < -0.39 is 0 Å². The molecule has 0 radical (unpaired) electrons. The van der Waals surface area contributed by atoms with Crippen LogP contribution in [-0.2, 0) is 6.54 Å². The lowest BCUT2D eigenvalue weighted by molar-refractivity contribution is 0.101. The van der Waals surface area contributed by atoms with Crippen LogP contribution >= 0.6 is 15.9 Å². The third-order valence-electron chi connectivity index (χ3n) is 3.27. The zero-order valence-electron chi connectivity index (χ0n) is 12.0. The number of rotatable bonds is 4. The van der Waals surface area contributed by atoms with Crippen molar-refractivity contribution in [1.29, 1.82) is 0 Å². The number of halogens is 1. The van der Waals surface area contributed by atoms with E-state index in [9.17, 15) is 4.79 Å². The summed E-state index contributed by atoms with van der Waals surface area (Å²) in [5, 5.41) is 0. The van der Waals surface area contributed by atoms with Crippen LogP contribution in [0.5, 0.6) is 0 Å². The van der Waals surface area contributed by atoms with Gasteiger partial charge in [-0.3, -0.25) is 4.79 Å². The van der Waals surface area contributed by atoms with Crippen LogP contribution in [0.3, 0.4) is 0 Å². The van der Waals surface area contributed by atoms with E-state index in [1.54, 1.807) is 6.92 Å². The largest absolute Gasteiger partial charge is 0.370 e. The van der Waals surface area contributed by atoms with E-state index in [2.05, 4.69) is 59.1 Å². The normalized spacial score (nSPS) is 10.4. The van der Waals surface area contributed by atoms with E-state index in [1.807, 2.05) is 18.2 Å². The fourth-order valence-corrected chi connectivity index (χ4v) is 2.85. The predicted octanol–water partition coefficient (Wildman–Crippen LogP) is 4.60. The molecule has 0 atom stereocenters. The first kappa shape index (κ1) is 14.8. The van der Waals surface area contributed by atoms with E-state index >= 15 is 0 Å². The first-order valence-electron chi connectivity index (χ1n) is 6.54. The van der Waals surface area contributed by atoms with E-state index in [0.29, 0.717) is 0 Å². The van der Waals surface area contributed by atoms with Crippen molar-refractivity contribution in [3.8, 4) is 0 Å². The highest BCUT2D eigenvalue weighted by Gasteiger charge is 2.08. The number of Topliss-reactive ketones (excluding diaryl/α,β-unsaturated/α-hetero) is 1. The van der Waals surface area contributed by atoms with Crippen molar-refractivity contribution in [1.82, 2.24) is 0 Å². The maximum Gasteiger partial charge on any atom is 0.160 e. The number of ketones is 1. The van der Waals surface area contributed by atoms with Crippen molar-refractivity contribution < 1.29 is 4.79 Å². The number of aryl methyl sites for hydroxylation is 1. The Balaban J connectivity index is 2.19. The van der Waals surface area contributed by atoms with Gasteiger partial charge in [0.2, 0.25) is 0 Å². The van der Waals surface area contributed by atoms with Gasteiger partial charge in [0, 0.05) is 29.3 Å². The predicted molar refractivity (Wildman–Crippen MR) is 87.4 cm³/mol. The van der Waals surface area contributed by atoms with Gasteiger partial charge in [0.15, 0.2) is 5.78 Å². The Labute approximate surface area is 128 Å². The maximum atomic E-state index is 11.4. The zero-order valence-corrected chi connectivity index (χ0v) is 13.6. The Bertz CT molecular complexity index is 637. The number of nitrogens with zero attached hydrogens (tertiary/aromatic N) is 1. The van der Waals surface area contributed by atoms with Crippen molar-refractivity contribution in [3.63, 3.8) is 0 Å². The van der Waals surface area contributed by atoms with Gasteiger partial charge < -0.3 is 4.90 Å². The molecule has 0 aliphatic carbocycles. The molecule has 2 rings (SSSR count). The number of benzene rings is 2. The van der Waals surface area contributed by atoms with Crippen molar-refractivity contribution in [2.75, 3.05) is 11.9 Å². The smallest absolute Gasteiger partial charge is 0.160 e. The average Bonchev–Trinajstić information content (AvgIpc) is 2.38. The van der Waals surface area contributed by atoms with Gasteiger partial charge in [-0.25, -0.2) is 0 Å². The lowest BCUT2D eigenvalue weighted by atomic mass is 10.1. The molecular formula is C17H18BrNO. The fraction of sp³-hybridized carbons (Fsp3) is 0.235. The maximum absolute atomic E-state index is 11.4. The Morgan fingerprint density at radius 3 is 2.55 bits per heavy atom. The highest BCUT2D eigenvalue weighted by atomic mass is 79.9. The quantitative estimate of drug-likeness (QED) is 0.763. The molecule has 0 aromatic heterocycles. The number of hydrogen-bond acceptors (Lipinski definition) is 2. The molecule has 0 heterocycles. The van der Waals surface area contributed by atoms with E-state index in [1.165, 1.54) is 11.1 Å². The van der Waals surface area contributed by atoms with Crippen LogP contribution in [0.2, 0.25) is 0 Å². The summed E-state index contributed by atoms with van der Waals surface area (Å²) in [4.78, 5) is 13.6. The summed E-state index contributed by atoms with van der Waals surface area (Å²) in [5.41, 5.74) is 4.35. The fourth-order valence-electron chi connectivity index (χ4n) is 2.20. The van der Waals surface area contributed by atoms with E-state index in [0.717, 1.165) is 22.3 Å². The standard InChI is InChI=1S/C17H18BrNO/c1-12-5-4-6-14(9-12)11-19(3)15-7-8-16(13(2)20)17(18)10-15/h4-10H,11H2,1-3H3. The van der Waals surface area contributed by atoms with Gasteiger partial charge in [0.1, 0.15) is 0 Å². The molecule has 0 fully saturated rings. The Hall–Kier alpha value is -1.61. The van der Waals surface area contributed by atoms with Crippen LogP contribution in [0.15, 0.2) is 46.9 Å². The highest BCUT2D eigenvalue weighted by molar-refractivity contribution is 9.10. The molecule has 2 aromatic rings. The van der Waals surface area contributed by atoms with Crippen LogP contribution in [0, 0.1) is 6.92 Å². The molecule has 3 heteroatoms. The number of carbonyl (C=O) groups is 1. The zero-order chi connectivity index (χ0) is 14.7. The lowest BCUT2D eigenvalue weighted by Gasteiger charge is -2.20. The van der Waals surface area contributed by atoms with Gasteiger partial charge in [-0.15, -0.1) is 0 Å². The second-order valence-electron chi connectivity index (χ2n) is 5.07. The van der Waals surface area contributed by atoms with Crippen molar-refractivity contribution >= 4 is 27.4 Å². The van der Waals surface area contributed by atoms with Crippen LogP contribution in [0.4, 0.5) is 5.69 Å². The Morgan fingerprint density at radius 1 is 1.20 bits per heavy atom. The molecule has 20 heavy (non-hydrogen) atoms. The molecule has 2 aromatic carbocycles. The molecule has 0 spiro atoms. The summed E-state index contributed by atoms with van der Waals surface area (Å²) >= 11 is 3.47. The molecule has 0 N–H and O–H groups in total. The molecule has 0 unspecified atom stereocenters. The first-order chi connectivity index (χ1) is 9.47. The third-order valence-corrected chi connectivity index (χ3v) is 3.93. The van der Waals surface area contributed by atoms with E-state index in [-0.39, 0.29) is 5.78 Å². The van der Waals surface area contributed by atoms with Gasteiger partial charge >= 0.3 is 0 Å². The monoisotopic (exact) mass is 331 g/mol. The van der Waals surface area contributed by atoms with Crippen LogP contribution < -0.4 is 4.90 Å². The summed E-state index contributed by atoms with van der Waals surface area (Å²) in [6.45, 7) is 4.52. The topological polar surface area (TPSA) is 20.3 Å². The van der Waals surface area contributed by atoms with Gasteiger partial charge in [0.25, 0.3) is 0 Å². The molecule has 0 saturated heterocycles. The van der Waals surface area contributed by atoms with Gasteiger partial charge in [-0.1, -0.05) is 29.8 Å². The number of hydrogen-bond donors (Lipinski definition) is 0. The molecule has 0 saturated carbocycles. The second kappa shape index (κ2) is 6.23. The van der Waals surface area contributed by atoms with Crippen molar-refractivity contribution in [2.45, 2.75) is 20.4 Å². The highest BCUT2D eigenvalue weighted by Crippen LogP contribution is 2.25. The third kappa shape index (κ3) is 3.48. The minimum Gasteiger partial charge on any atom is -0.370 e. The van der Waals surface area contributed by atoms with E-state index in [4.69, 9.17) is 0 Å². The Kier molecular flexibility index (Phi) is 4.61. The average molecular weight is 332 g/mol. The molecule has 104 valence electrons. The number of carbonyl (C=O) groups excluding carboxylic acids is 1. The van der Waals surface area contributed by atoms with Crippen LogP contribution in [0.25, 0.3) is 0 Å². The molecule has 2 nitrogen and oxygen atoms in total. The molecule has 0 aliphatic rings. The van der Waals surface area contributed by atoms with Crippen molar-refractivity contribution in [3.05, 3.63) is 63.6 Å². The Morgan fingerprint density at radius 2 is 1.95 bits per heavy atom. The minimum atomic E-state index is 0.0739. The first-order valence-corrected chi connectivity index (χ1v) is 7.34. The van der Waals surface area contributed by atoms with Gasteiger partial charge in [0.05, 0.1) is 0 Å². The molecule has 0 amide bonds. The number of anilines is 1. The van der Waals surface area contributed by atoms with Crippen LogP contribution in [0.1, 0.15) is 28.4 Å². The SMILES string of the molecule is CC(=O)c1ccc(N(C)Cc2cccc(C)c2)cc1Br. The lowest BCUT2D eigenvalue weighted by Crippen LogP contribution is -2.16. The van der Waals surface area contributed by atoms with Crippen LogP contribution in [-0.4, -0.2) is 12.8 Å². The molecule has 0 bridgehead atoms. The summed E-state index contributed by atoms with van der Waals surface area (Å²) < 4.78 is 0.846. The van der Waals surface area contributed by atoms with Gasteiger partial charge in [-0.05, 0) is 53.5 Å². The second-order valence-corrected chi connectivity index (χ2v) is 5.92. The minimum absolute atomic E-state index is 0.0739. The van der Waals surface area contributed by atoms with Crippen molar-refractivity contribution in [2.24, 2.45) is 0 Å².